The molecule has 0 saturated carbocycles. The summed E-state index contributed by atoms with van der Waals surface area (Å²) in [6, 6.07) is 17.3. The molecule has 0 saturated heterocycles. The number of nitrogens with zero attached hydrogens (tertiary/aromatic N) is 2. The molecule has 0 aliphatic carbocycles. The third kappa shape index (κ3) is 3.48. The van der Waals surface area contributed by atoms with Gasteiger partial charge in [-0.3, -0.25) is 15.2 Å². The normalized spacial score (nSPS) is 17.6. The van der Waals surface area contributed by atoms with Crippen LogP contribution in [-0.4, -0.2) is 28.8 Å². The van der Waals surface area contributed by atoms with Gasteiger partial charge >= 0.3 is 12.2 Å². The molecule has 29 heavy (non-hydrogen) atoms. The first-order valence-electron chi connectivity index (χ1n) is 8.76. The standard InChI is InChI=1S/C21H16ClN3O4/c22-15-8-9-18-17(11-15)21(29-19(26)24-18,14-5-2-1-3-6-14)13-25(20(27)28)16-7-4-10-23-12-16/h1-12H,13H2,(H,24,26)(H,27,28). The van der Waals surface area contributed by atoms with Crippen LogP contribution in [0.3, 0.4) is 0 Å². The highest BCUT2D eigenvalue weighted by Crippen LogP contribution is 2.43. The molecule has 8 heteroatoms. The lowest BCUT2D eigenvalue weighted by Crippen LogP contribution is -2.50. The summed E-state index contributed by atoms with van der Waals surface area (Å²) in [4.78, 5) is 29.7. The van der Waals surface area contributed by atoms with E-state index in [9.17, 15) is 14.7 Å². The number of carbonyl (C=O) groups is 2. The van der Waals surface area contributed by atoms with Crippen LogP contribution in [0.2, 0.25) is 5.02 Å². The Bertz CT molecular complexity index is 1060. The summed E-state index contributed by atoms with van der Waals surface area (Å²) in [6.45, 7) is -0.182. The molecule has 146 valence electrons. The molecule has 0 spiro atoms. The highest BCUT2D eigenvalue weighted by molar-refractivity contribution is 6.30. The molecule has 2 aromatic carbocycles. The van der Waals surface area contributed by atoms with Crippen LogP contribution in [0, 0.1) is 0 Å². The minimum absolute atomic E-state index is 0.182. The number of fused-ring (bicyclic) bond motifs is 1. The number of cyclic esters (lactones) is 1. The van der Waals surface area contributed by atoms with Gasteiger partial charge in [-0.1, -0.05) is 41.9 Å². The Morgan fingerprint density at radius 2 is 1.97 bits per heavy atom. The zero-order valence-electron chi connectivity index (χ0n) is 15.1. The number of halogens is 1. The summed E-state index contributed by atoms with van der Waals surface area (Å²) < 4.78 is 5.81. The number of nitrogens with one attached hydrogen (secondary N) is 1. The maximum Gasteiger partial charge on any atom is 0.412 e. The number of rotatable bonds is 4. The monoisotopic (exact) mass is 409 g/mol. The van der Waals surface area contributed by atoms with E-state index in [-0.39, 0.29) is 6.54 Å². The number of benzene rings is 2. The molecular formula is C21H16ClN3O4. The average Bonchev–Trinajstić information content (AvgIpc) is 2.73. The molecule has 1 aliphatic rings. The van der Waals surface area contributed by atoms with E-state index < -0.39 is 17.8 Å². The molecule has 0 radical (unpaired) electrons. The maximum atomic E-state index is 12.4. The molecule has 0 fully saturated rings. The lowest BCUT2D eigenvalue weighted by atomic mass is 9.83. The Balaban J connectivity index is 1.93. The van der Waals surface area contributed by atoms with Crippen LogP contribution in [0.15, 0.2) is 73.1 Å². The summed E-state index contributed by atoms with van der Waals surface area (Å²) in [7, 11) is 0. The van der Waals surface area contributed by atoms with Gasteiger partial charge in [0.25, 0.3) is 0 Å². The van der Waals surface area contributed by atoms with Gasteiger partial charge in [0, 0.05) is 22.3 Å². The maximum absolute atomic E-state index is 12.4. The molecule has 7 nitrogen and oxygen atoms in total. The Morgan fingerprint density at radius 3 is 2.66 bits per heavy atom. The molecule has 0 bridgehead atoms. The zero-order valence-corrected chi connectivity index (χ0v) is 15.8. The number of amides is 2. The fourth-order valence-corrected chi connectivity index (χ4v) is 3.62. The van der Waals surface area contributed by atoms with Crippen molar-refractivity contribution in [1.29, 1.82) is 0 Å². The first-order chi connectivity index (χ1) is 14.0. The lowest BCUT2D eigenvalue weighted by Gasteiger charge is -2.41. The van der Waals surface area contributed by atoms with Crippen molar-refractivity contribution in [3.63, 3.8) is 0 Å². The number of carbonyl (C=O) groups excluding carboxylic acids is 1. The number of pyridine rings is 1. The second-order valence-electron chi connectivity index (χ2n) is 6.48. The van der Waals surface area contributed by atoms with Crippen molar-refractivity contribution in [1.82, 2.24) is 4.98 Å². The largest absolute Gasteiger partial charge is 0.465 e. The molecular weight excluding hydrogens is 394 g/mol. The predicted octanol–water partition coefficient (Wildman–Crippen LogP) is 4.73. The first kappa shape index (κ1) is 18.8. The topological polar surface area (TPSA) is 91.8 Å². The van der Waals surface area contributed by atoms with E-state index in [1.807, 2.05) is 6.07 Å². The molecule has 3 aromatic rings. The summed E-state index contributed by atoms with van der Waals surface area (Å²) >= 11 is 6.24. The SMILES string of the molecule is O=C1Nc2ccc(Cl)cc2C(CN(C(=O)O)c2cccnc2)(c2ccccc2)O1. The molecule has 4 rings (SSSR count). The summed E-state index contributed by atoms with van der Waals surface area (Å²) in [6.07, 6.45) is 1.11. The number of anilines is 2. The Kier molecular flexibility index (Phi) is 4.82. The predicted molar refractivity (Wildman–Crippen MR) is 108 cm³/mol. The van der Waals surface area contributed by atoms with Crippen molar-refractivity contribution in [3.05, 3.63) is 89.2 Å². The van der Waals surface area contributed by atoms with E-state index in [0.29, 0.717) is 27.5 Å². The van der Waals surface area contributed by atoms with Crippen LogP contribution in [-0.2, 0) is 10.3 Å². The molecule has 2 heterocycles. The molecule has 2 amide bonds. The Morgan fingerprint density at radius 1 is 1.17 bits per heavy atom. The highest BCUT2D eigenvalue weighted by Gasteiger charge is 2.46. The third-order valence-corrected chi connectivity index (χ3v) is 4.96. The number of hydrogen-bond acceptors (Lipinski definition) is 4. The lowest BCUT2D eigenvalue weighted by molar-refractivity contribution is 0.0488. The van der Waals surface area contributed by atoms with Crippen LogP contribution >= 0.6 is 11.6 Å². The van der Waals surface area contributed by atoms with Gasteiger partial charge in [0.1, 0.15) is 0 Å². The molecule has 1 atom stereocenters. The van der Waals surface area contributed by atoms with Crippen LogP contribution < -0.4 is 10.2 Å². The van der Waals surface area contributed by atoms with Crippen molar-refractivity contribution in [2.24, 2.45) is 0 Å². The number of aromatic nitrogens is 1. The van der Waals surface area contributed by atoms with E-state index in [1.165, 1.54) is 6.20 Å². The summed E-state index contributed by atoms with van der Waals surface area (Å²) in [5.74, 6) is 0. The third-order valence-electron chi connectivity index (χ3n) is 4.73. The van der Waals surface area contributed by atoms with Crippen LogP contribution in [0.1, 0.15) is 11.1 Å². The summed E-state index contributed by atoms with van der Waals surface area (Å²) in [5.41, 5.74) is 0.636. The van der Waals surface area contributed by atoms with Gasteiger partial charge in [-0.2, -0.15) is 0 Å². The van der Waals surface area contributed by atoms with Crippen molar-refractivity contribution < 1.29 is 19.4 Å². The van der Waals surface area contributed by atoms with Gasteiger partial charge in [-0.05, 0) is 30.3 Å². The fraction of sp³-hybridized carbons (Fsp3) is 0.0952. The number of hydrogen-bond donors (Lipinski definition) is 2. The second-order valence-corrected chi connectivity index (χ2v) is 6.91. The second kappa shape index (κ2) is 7.44. The van der Waals surface area contributed by atoms with Gasteiger partial charge in [0.2, 0.25) is 0 Å². The van der Waals surface area contributed by atoms with E-state index in [2.05, 4.69) is 10.3 Å². The minimum Gasteiger partial charge on any atom is -0.465 e. The van der Waals surface area contributed by atoms with E-state index in [4.69, 9.17) is 16.3 Å². The minimum atomic E-state index is -1.40. The smallest absolute Gasteiger partial charge is 0.412 e. The van der Waals surface area contributed by atoms with Gasteiger partial charge in [0.15, 0.2) is 5.60 Å². The molecule has 1 unspecified atom stereocenters. The summed E-state index contributed by atoms with van der Waals surface area (Å²) in [5, 5.41) is 13.0. The molecule has 1 aliphatic heterocycles. The van der Waals surface area contributed by atoms with E-state index in [0.717, 1.165) is 4.90 Å². The van der Waals surface area contributed by atoms with Gasteiger partial charge < -0.3 is 9.84 Å². The Hall–Kier alpha value is -3.58. The number of ether oxygens (including phenoxy) is 1. The van der Waals surface area contributed by atoms with E-state index >= 15 is 0 Å². The first-order valence-corrected chi connectivity index (χ1v) is 9.13. The van der Waals surface area contributed by atoms with Crippen LogP contribution in [0.25, 0.3) is 0 Å². The highest BCUT2D eigenvalue weighted by atomic mass is 35.5. The van der Waals surface area contributed by atoms with Gasteiger partial charge in [0.05, 0.1) is 24.1 Å². The average molecular weight is 410 g/mol. The van der Waals surface area contributed by atoms with Crippen LogP contribution in [0.4, 0.5) is 21.0 Å². The van der Waals surface area contributed by atoms with Crippen LogP contribution in [0.5, 0.6) is 0 Å². The van der Waals surface area contributed by atoms with Crippen molar-refractivity contribution in [2.45, 2.75) is 5.60 Å². The van der Waals surface area contributed by atoms with Gasteiger partial charge in [-0.25, -0.2) is 9.59 Å². The Labute approximate surface area is 171 Å². The molecule has 1 aromatic heterocycles. The molecule has 2 N–H and O–H groups in total. The van der Waals surface area contributed by atoms with Crippen molar-refractivity contribution in [3.8, 4) is 0 Å². The van der Waals surface area contributed by atoms with Gasteiger partial charge in [-0.15, -0.1) is 0 Å². The zero-order chi connectivity index (χ0) is 20.4. The van der Waals surface area contributed by atoms with E-state index in [1.54, 1.807) is 60.8 Å². The van der Waals surface area contributed by atoms with Crippen molar-refractivity contribution >= 4 is 35.2 Å². The fourth-order valence-electron chi connectivity index (χ4n) is 3.44. The van der Waals surface area contributed by atoms with Crippen molar-refractivity contribution in [2.75, 3.05) is 16.8 Å². The quantitative estimate of drug-likeness (QED) is 0.650. The number of carboxylic acid groups (broad SMARTS) is 1.